The second kappa shape index (κ2) is 5.02. The van der Waals surface area contributed by atoms with Crippen LogP contribution < -0.4 is 5.73 Å². The highest BCUT2D eigenvalue weighted by molar-refractivity contribution is 5.84. The Morgan fingerprint density at radius 2 is 2.15 bits per heavy atom. The second-order valence-corrected chi connectivity index (χ2v) is 5.07. The van der Waals surface area contributed by atoms with Crippen molar-refractivity contribution >= 4 is 11.0 Å². The highest BCUT2D eigenvalue weighted by atomic mass is 15.0. The van der Waals surface area contributed by atoms with Gasteiger partial charge in [0.1, 0.15) is 5.65 Å². The van der Waals surface area contributed by atoms with Crippen molar-refractivity contribution in [1.82, 2.24) is 19.9 Å². The average molecular weight is 267 g/mol. The Hall–Kier alpha value is -2.27. The molecule has 3 aromatic heterocycles. The van der Waals surface area contributed by atoms with Gasteiger partial charge in [-0.3, -0.25) is 4.98 Å². The summed E-state index contributed by atoms with van der Waals surface area (Å²) in [4.78, 5) is 16.6. The van der Waals surface area contributed by atoms with Gasteiger partial charge in [-0.2, -0.15) is 0 Å². The predicted molar refractivity (Wildman–Crippen MR) is 79.1 cm³/mol. The molecule has 3 heterocycles. The molecule has 102 valence electrons. The lowest BCUT2D eigenvalue weighted by molar-refractivity contribution is 0.829. The monoisotopic (exact) mass is 267 g/mol. The maximum atomic E-state index is 5.79. The van der Waals surface area contributed by atoms with E-state index in [2.05, 4.69) is 28.8 Å². The first-order valence-electron chi connectivity index (χ1n) is 6.69. The van der Waals surface area contributed by atoms with E-state index >= 15 is 0 Å². The minimum absolute atomic E-state index is 0.303. The number of rotatable bonds is 3. The smallest absolute Gasteiger partial charge is 0.163 e. The van der Waals surface area contributed by atoms with Crippen LogP contribution >= 0.6 is 0 Å². The second-order valence-electron chi connectivity index (χ2n) is 5.07. The molecule has 3 N–H and O–H groups in total. The van der Waals surface area contributed by atoms with E-state index in [1.54, 1.807) is 12.4 Å². The predicted octanol–water partition coefficient (Wildman–Crippen LogP) is 2.60. The highest BCUT2D eigenvalue weighted by Gasteiger charge is 2.16. The van der Waals surface area contributed by atoms with Crippen LogP contribution in [0.2, 0.25) is 0 Å². The molecule has 0 spiro atoms. The molecule has 0 unspecified atom stereocenters. The summed E-state index contributed by atoms with van der Waals surface area (Å²) in [5.74, 6) is 0.997. The summed E-state index contributed by atoms with van der Waals surface area (Å²) in [5.41, 5.74) is 9.63. The molecule has 0 saturated heterocycles. The number of nitrogens with zero attached hydrogens (tertiary/aromatic N) is 3. The third-order valence-corrected chi connectivity index (χ3v) is 3.33. The van der Waals surface area contributed by atoms with Gasteiger partial charge in [-0.15, -0.1) is 0 Å². The minimum Gasteiger partial charge on any atom is -0.346 e. The lowest BCUT2D eigenvalue weighted by Crippen LogP contribution is -2.02. The van der Waals surface area contributed by atoms with E-state index in [0.717, 1.165) is 27.9 Å². The number of H-pyrrole nitrogens is 1. The Morgan fingerprint density at radius 3 is 2.80 bits per heavy atom. The Labute approximate surface area is 117 Å². The van der Waals surface area contributed by atoms with E-state index in [0.29, 0.717) is 18.3 Å². The van der Waals surface area contributed by atoms with Crippen molar-refractivity contribution in [3.8, 4) is 11.4 Å². The molecule has 0 aliphatic carbocycles. The zero-order chi connectivity index (χ0) is 14.1. The van der Waals surface area contributed by atoms with Gasteiger partial charge in [0.25, 0.3) is 0 Å². The van der Waals surface area contributed by atoms with Crippen molar-refractivity contribution in [1.29, 1.82) is 0 Å². The molecule has 0 aromatic carbocycles. The lowest BCUT2D eigenvalue weighted by Gasteiger charge is -2.10. The first-order chi connectivity index (χ1) is 9.70. The maximum Gasteiger partial charge on any atom is 0.163 e. The van der Waals surface area contributed by atoms with Crippen LogP contribution in [0.1, 0.15) is 31.0 Å². The molecule has 0 amide bonds. The molecule has 0 radical (unpaired) electrons. The van der Waals surface area contributed by atoms with Crippen molar-refractivity contribution in [3.05, 3.63) is 42.0 Å². The van der Waals surface area contributed by atoms with Crippen LogP contribution in [0.15, 0.2) is 30.7 Å². The maximum absolute atomic E-state index is 5.79. The molecule has 0 bridgehead atoms. The van der Waals surface area contributed by atoms with E-state index < -0.39 is 0 Å². The third kappa shape index (κ3) is 2.06. The topological polar surface area (TPSA) is 80.5 Å². The fourth-order valence-corrected chi connectivity index (χ4v) is 2.33. The quantitative estimate of drug-likeness (QED) is 0.764. The molecule has 20 heavy (non-hydrogen) atoms. The van der Waals surface area contributed by atoms with Crippen LogP contribution in [0, 0.1) is 0 Å². The number of pyridine rings is 1. The number of aromatic amines is 1. The van der Waals surface area contributed by atoms with Crippen molar-refractivity contribution < 1.29 is 0 Å². The molecule has 0 saturated carbocycles. The van der Waals surface area contributed by atoms with Crippen molar-refractivity contribution in [2.24, 2.45) is 5.73 Å². The van der Waals surface area contributed by atoms with E-state index in [4.69, 9.17) is 10.7 Å². The molecule has 3 aromatic rings. The van der Waals surface area contributed by atoms with Gasteiger partial charge in [-0.05, 0) is 23.6 Å². The summed E-state index contributed by atoms with van der Waals surface area (Å²) >= 11 is 0. The average Bonchev–Trinajstić information content (AvgIpc) is 2.90. The third-order valence-electron chi connectivity index (χ3n) is 3.33. The standard InChI is InChI=1S/C15H17N5/c1-9(2)13-12-11(6-16)8-18-15(12)20-14(19-13)10-4-3-5-17-7-10/h3-5,7-9H,6,16H2,1-2H3,(H,18,19,20). The van der Waals surface area contributed by atoms with Crippen LogP contribution in [0.5, 0.6) is 0 Å². The normalized spacial score (nSPS) is 11.4. The first kappa shape index (κ1) is 12.7. The Kier molecular flexibility index (Phi) is 3.20. The van der Waals surface area contributed by atoms with Crippen LogP contribution in [0.25, 0.3) is 22.4 Å². The Morgan fingerprint density at radius 1 is 1.30 bits per heavy atom. The molecule has 0 fully saturated rings. The van der Waals surface area contributed by atoms with E-state index in [1.165, 1.54) is 0 Å². The number of fused-ring (bicyclic) bond motifs is 1. The van der Waals surface area contributed by atoms with Gasteiger partial charge in [-0.1, -0.05) is 13.8 Å². The van der Waals surface area contributed by atoms with Gasteiger partial charge in [0.15, 0.2) is 5.82 Å². The van der Waals surface area contributed by atoms with Crippen molar-refractivity contribution in [2.75, 3.05) is 0 Å². The van der Waals surface area contributed by atoms with Crippen molar-refractivity contribution in [3.63, 3.8) is 0 Å². The summed E-state index contributed by atoms with van der Waals surface area (Å²) in [6.45, 7) is 4.74. The lowest BCUT2D eigenvalue weighted by atomic mass is 10.0. The fraction of sp³-hybridized carbons (Fsp3) is 0.267. The number of nitrogens with one attached hydrogen (secondary N) is 1. The van der Waals surface area contributed by atoms with Gasteiger partial charge in [-0.25, -0.2) is 9.97 Å². The number of hydrogen-bond acceptors (Lipinski definition) is 4. The molecule has 0 aliphatic heterocycles. The van der Waals surface area contributed by atoms with Gasteiger partial charge < -0.3 is 10.7 Å². The molecule has 5 nitrogen and oxygen atoms in total. The molecular weight excluding hydrogens is 250 g/mol. The molecule has 3 rings (SSSR count). The first-order valence-corrected chi connectivity index (χ1v) is 6.69. The largest absolute Gasteiger partial charge is 0.346 e. The number of nitrogens with two attached hydrogens (primary N) is 1. The van der Waals surface area contributed by atoms with Gasteiger partial charge in [0.2, 0.25) is 0 Å². The Balaban J connectivity index is 2.27. The zero-order valence-corrected chi connectivity index (χ0v) is 11.6. The summed E-state index contributed by atoms with van der Waals surface area (Å²) in [7, 11) is 0. The fourth-order valence-electron chi connectivity index (χ4n) is 2.33. The van der Waals surface area contributed by atoms with Crippen LogP contribution in [-0.2, 0) is 6.54 Å². The van der Waals surface area contributed by atoms with E-state index in [1.807, 2.05) is 18.3 Å². The molecule has 0 atom stereocenters. The number of aromatic nitrogens is 4. The summed E-state index contributed by atoms with van der Waals surface area (Å²) in [6, 6.07) is 3.85. The molecule has 5 heteroatoms. The van der Waals surface area contributed by atoms with Gasteiger partial charge >= 0.3 is 0 Å². The zero-order valence-electron chi connectivity index (χ0n) is 11.6. The van der Waals surface area contributed by atoms with Crippen molar-refractivity contribution in [2.45, 2.75) is 26.3 Å². The van der Waals surface area contributed by atoms with Crippen LogP contribution in [0.3, 0.4) is 0 Å². The van der Waals surface area contributed by atoms with Crippen LogP contribution in [0.4, 0.5) is 0 Å². The van der Waals surface area contributed by atoms with Gasteiger partial charge in [0, 0.05) is 36.1 Å². The van der Waals surface area contributed by atoms with Crippen LogP contribution in [-0.4, -0.2) is 19.9 Å². The van der Waals surface area contributed by atoms with Gasteiger partial charge in [0.05, 0.1) is 5.69 Å². The summed E-state index contributed by atoms with van der Waals surface area (Å²) in [6.07, 6.45) is 5.43. The van der Waals surface area contributed by atoms with E-state index in [-0.39, 0.29) is 0 Å². The molecular formula is C15H17N5. The number of hydrogen-bond donors (Lipinski definition) is 2. The summed E-state index contributed by atoms with van der Waals surface area (Å²) in [5, 5.41) is 1.05. The SMILES string of the molecule is CC(C)c1nc(-c2cccnc2)nc2[nH]cc(CN)c12. The highest BCUT2D eigenvalue weighted by Crippen LogP contribution is 2.28. The minimum atomic E-state index is 0.303. The summed E-state index contributed by atoms with van der Waals surface area (Å²) < 4.78 is 0. The van der Waals surface area contributed by atoms with E-state index in [9.17, 15) is 0 Å². The molecule has 0 aliphatic rings. The Bertz CT molecular complexity index is 731.